The molecule has 0 N–H and O–H groups in total. The van der Waals surface area contributed by atoms with E-state index in [0.29, 0.717) is 21.8 Å². The molecule has 156 valence electrons. The van der Waals surface area contributed by atoms with Crippen LogP contribution in [-0.2, 0) is 4.79 Å². The lowest BCUT2D eigenvalue weighted by atomic mass is 9.99. The zero-order valence-electron chi connectivity index (χ0n) is 17.2. The smallest absolute Gasteiger partial charge is 0.233 e. The van der Waals surface area contributed by atoms with Crippen molar-refractivity contribution < 1.29 is 4.79 Å². The Bertz CT molecular complexity index is 1030. The van der Waals surface area contributed by atoms with Crippen LogP contribution in [0.1, 0.15) is 25.3 Å². The van der Waals surface area contributed by atoms with E-state index in [2.05, 4.69) is 36.2 Å². The van der Waals surface area contributed by atoms with Crippen LogP contribution >= 0.6 is 23.4 Å². The van der Waals surface area contributed by atoms with E-state index >= 15 is 0 Å². The summed E-state index contributed by atoms with van der Waals surface area (Å²) in [6, 6.07) is 15.7. The maximum atomic E-state index is 12.7. The summed E-state index contributed by atoms with van der Waals surface area (Å²) in [4.78, 5) is 14.7. The molecular formula is C23H25ClN4OS. The van der Waals surface area contributed by atoms with Crippen LogP contribution in [0.3, 0.4) is 0 Å². The summed E-state index contributed by atoms with van der Waals surface area (Å²) >= 11 is 7.51. The number of para-hydroxylation sites is 1. The quantitative estimate of drug-likeness (QED) is 0.508. The Morgan fingerprint density at radius 1 is 1.10 bits per heavy atom. The Labute approximate surface area is 186 Å². The number of nitrogens with zero attached hydrogens (tertiary/aromatic N) is 4. The lowest BCUT2D eigenvalue weighted by Gasteiger charge is -2.30. The average molecular weight is 441 g/mol. The molecule has 2 aromatic carbocycles. The zero-order chi connectivity index (χ0) is 21.1. The van der Waals surface area contributed by atoms with Gasteiger partial charge >= 0.3 is 0 Å². The number of hydrogen-bond donors (Lipinski definition) is 0. The van der Waals surface area contributed by atoms with Crippen LogP contribution in [0.15, 0.2) is 53.7 Å². The number of hydrogen-bond acceptors (Lipinski definition) is 4. The molecular weight excluding hydrogens is 416 g/mol. The molecule has 30 heavy (non-hydrogen) atoms. The van der Waals surface area contributed by atoms with Crippen molar-refractivity contribution in [3.05, 3.63) is 59.1 Å². The number of benzene rings is 2. The van der Waals surface area contributed by atoms with Crippen LogP contribution in [-0.4, -0.2) is 44.4 Å². The highest BCUT2D eigenvalue weighted by atomic mass is 35.5. The molecule has 0 unspecified atom stereocenters. The highest BCUT2D eigenvalue weighted by molar-refractivity contribution is 7.99. The predicted octanol–water partition coefficient (Wildman–Crippen LogP) is 5.25. The standard InChI is InChI=1S/C23H25ClN4OS/c1-16-11-13-27(14-12-16)21(29)15-30-23-26-25-22(18-7-9-19(24)10-8-18)28(23)20-6-4-3-5-17(20)2/h3-10,16H,11-15H2,1-2H3. The van der Waals surface area contributed by atoms with Crippen molar-refractivity contribution in [3.63, 3.8) is 0 Å². The van der Waals surface area contributed by atoms with Gasteiger partial charge in [0, 0.05) is 23.7 Å². The van der Waals surface area contributed by atoms with E-state index in [0.717, 1.165) is 48.6 Å². The number of rotatable bonds is 5. The number of aromatic nitrogens is 3. The van der Waals surface area contributed by atoms with Gasteiger partial charge in [-0.3, -0.25) is 9.36 Å². The van der Waals surface area contributed by atoms with E-state index in [1.807, 2.05) is 45.9 Å². The van der Waals surface area contributed by atoms with Gasteiger partial charge in [-0.25, -0.2) is 0 Å². The van der Waals surface area contributed by atoms with Crippen molar-refractivity contribution in [2.45, 2.75) is 31.8 Å². The van der Waals surface area contributed by atoms with Gasteiger partial charge in [-0.05, 0) is 61.6 Å². The molecule has 1 fully saturated rings. The summed E-state index contributed by atoms with van der Waals surface area (Å²) < 4.78 is 2.04. The van der Waals surface area contributed by atoms with Crippen molar-refractivity contribution in [1.82, 2.24) is 19.7 Å². The van der Waals surface area contributed by atoms with Crippen molar-refractivity contribution in [1.29, 1.82) is 0 Å². The second-order valence-electron chi connectivity index (χ2n) is 7.79. The van der Waals surface area contributed by atoms with Crippen LogP contribution in [0.25, 0.3) is 17.1 Å². The molecule has 1 aliphatic rings. The Balaban J connectivity index is 1.62. The van der Waals surface area contributed by atoms with Gasteiger partial charge < -0.3 is 4.90 Å². The van der Waals surface area contributed by atoms with E-state index in [-0.39, 0.29) is 5.91 Å². The van der Waals surface area contributed by atoms with Crippen LogP contribution in [0, 0.1) is 12.8 Å². The average Bonchev–Trinajstić information content (AvgIpc) is 3.17. The minimum absolute atomic E-state index is 0.166. The van der Waals surface area contributed by atoms with Gasteiger partial charge in [0.25, 0.3) is 0 Å². The van der Waals surface area contributed by atoms with Gasteiger partial charge in [0.1, 0.15) is 0 Å². The minimum Gasteiger partial charge on any atom is -0.342 e. The summed E-state index contributed by atoms with van der Waals surface area (Å²) in [6.07, 6.45) is 2.16. The first-order chi connectivity index (χ1) is 14.5. The van der Waals surface area contributed by atoms with Crippen molar-refractivity contribution in [2.75, 3.05) is 18.8 Å². The third-order valence-electron chi connectivity index (χ3n) is 5.55. The molecule has 5 nitrogen and oxygen atoms in total. The van der Waals surface area contributed by atoms with Crippen LogP contribution in [0.5, 0.6) is 0 Å². The van der Waals surface area contributed by atoms with Gasteiger partial charge in [0.15, 0.2) is 11.0 Å². The molecule has 0 aliphatic carbocycles. The lowest BCUT2D eigenvalue weighted by Crippen LogP contribution is -2.38. The van der Waals surface area contributed by atoms with Crippen molar-refractivity contribution in [2.24, 2.45) is 5.92 Å². The molecule has 1 saturated heterocycles. The largest absolute Gasteiger partial charge is 0.342 e. The molecule has 2 heterocycles. The third kappa shape index (κ3) is 4.55. The molecule has 0 spiro atoms. The lowest BCUT2D eigenvalue weighted by molar-refractivity contribution is -0.129. The fraction of sp³-hybridized carbons (Fsp3) is 0.348. The Kier molecular flexibility index (Phi) is 6.44. The first-order valence-corrected chi connectivity index (χ1v) is 11.6. The Morgan fingerprint density at radius 3 is 2.50 bits per heavy atom. The number of aryl methyl sites for hydroxylation is 1. The van der Waals surface area contributed by atoms with Crippen molar-refractivity contribution >= 4 is 29.3 Å². The molecule has 1 aromatic heterocycles. The van der Waals surface area contributed by atoms with Gasteiger partial charge in [0.2, 0.25) is 5.91 Å². The van der Waals surface area contributed by atoms with Crippen molar-refractivity contribution in [3.8, 4) is 17.1 Å². The SMILES string of the molecule is Cc1ccccc1-n1c(SCC(=O)N2CCC(C)CC2)nnc1-c1ccc(Cl)cc1. The van der Waals surface area contributed by atoms with Gasteiger partial charge in [-0.2, -0.15) is 0 Å². The van der Waals surface area contributed by atoms with Crippen LogP contribution in [0.2, 0.25) is 5.02 Å². The molecule has 1 amide bonds. The number of carbonyl (C=O) groups excluding carboxylic acids is 1. The first kappa shape index (κ1) is 20.9. The third-order valence-corrected chi connectivity index (χ3v) is 6.72. The second kappa shape index (κ2) is 9.23. The number of amides is 1. The molecule has 3 aromatic rings. The molecule has 1 aliphatic heterocycles. The fourth-order valence-electron chi connectivity index (χ4n) is 3.66. The summed E-state index contributed by atoms with van der Waals surface area (Å²) in [7, 11) is 0. The van der Waals surface area contributed by atoms with E-state index < -0.39 is 0 Å². The fourth-order valence-corrected chi connectivity index (χ4v) is 4.63. The number of likely N-dealkylation sites (tertiary alicyclic amines) is 1. The summed E-state index contributed by atoms with van der Waals surface area (Å²) in [5, 5.41) is 10.3. The number of piperidine rings is 1. The minimum atomic E-state index is 0.166. The predicted molar refractivity (Wildman–Crippen MR) is 122 cm³/mol. The summed E-state index contributed by atoms with van der Waals surface area (Å²) in [5.74, 6) is 1.97. The molecule has 0 bridgehead atoms. The molecule has 4 rings (SSSR count). The topological polar surface area (TPSA) is 51.0 Å². The number of halogens is 1. The van der Waals surface area contributed by atoms with E-state index in [1.54, 1.807) is 0 Å². The molecule has 0 atom stereocenters. The van der Waals surface area contributed by atoms with E-state index in [1.165, 1.54) is 11.8 Å². The second-order valence-corrected chi connectivity index (χ2v) is 9.17. The highest BCUT2D eigenvalue weighted by Gasteiger charge is 2.22. The maximum absolute atomic E-state index is 12.7. The van der Waals surface area contributed by atoms with Gasteiger partial charge in [0.05, 0.1) is 11.4 Å². The Hall–Kier alpha value is -2.31. The first-order valence-electron chi connectivity index (χ1n) is 10.2. The van der Waals surface area contributed by atoms with Crippen LogP contribution < -0.4 is 0 Å². The number of thioether (sulfide) groups is 1. The molecule has 0 saturated carbocycles. The monoisotopic (exact) mass is 440 g/mol. The Morgan fingerprint density at radius 2 is 1.80 bits per heavy atom. The number of carbonyl (C=O) groups is 1. The maximum Gasteiger partial charge on any atom is 0.233 e. The highest BCUT2D eigenvalue weighted by Crippen LogP contribution is 2.30. The van der Waals surface area contributed by atoms with Gasteiger partial charge in [-0.15, -0.1) is 10.2 Å². The van der Waals surface area contributed by atoms with E-state index in [4.69, 9.17) is 11.6 Å². The zero-order valence-corrected chi connectivity index (χ0v) is 18.8. The normalized spacial score (nSPS) is 14.8. The van der Waals surface area contributed by atoms with Gasteiger partial charge in [-0.1, -0.05) is 48.5 Å². The summed E-state index contributed by atoms with van der Waals surface area (Å²) in [5.41, 5.74) is 3.05. The van der Waals surface area contributed by atoms with Crippen LogP contribution in [0.4, 0.5) is 0 Å². The molecule has 0 radical (unpaired) electrons. The summed E-state index contributed by atoms with van der Waals surface area (Å²) in [6.45, 7) is 6.01. The van der Waals surface area contributed by atoms with E-state index in [9.17, 15) is 4.79 Å². The molecule has 7 heteroatoms.